The number of nitrogens with zero attached hydrogens (tertiary/aromatic N) is 2. The number of hydrogen-bond donors (Lipinski definition) is 3. The van der Waals surface area contributed by atoms with Gasteiger partial charge in [0.15, 0.2) is 0 Å². The van der Waals surface area contributed by atoms with E-state index in [1.54, 1.807) is 44.4 Å². The van der Waals surface area contributed by atoms with E-state index in [-0.39, 0.29) is 35.7 Å². The molecule has 3 unspecified atom stereocenters. The topological polar surface area (TPSA) is 163 Å². The number of nitriles is 1. The van der Waals surface area contributed by atoms with Crippen molar-refractivity contribution >= 4 is 5.97 Å². The zero-order valence-corrected chi connectivity index (χ0v) is 24.2. The van der Waals surface area contributed by atoms with Crippen molar-refractivity contribution in [3.63, 3.8) is 0 Å². The molecule has 8 atom stereocenters. The van der Waals surface area contributed by atoms with E-state index in [2.05, 4.69) is 4.98 Å². The molecule has 1 aromatic carbocycles. The van der Waals surface area contributed by atoms with E-state index in [1.165, 1.54) is 24.3 Å². The van der Waals surface area contributed by atoms with Gasteiger partial charge >= 0.3 is 11.6 Å². The molecular weight excluding hydrogens is 552 g/mol. The summed E-state index contributed by atoms with van der Waals surface area (Å²) in [5.74, 6) is -1.48. The average molecular weight is 587 g/mol. The quantitative estimate of drug-likeness (QED) is 0.384. The minimum atomic E-state index is -1.35. The standard InChI is InChI=1S/C33H34N2O8/c1-31-11-10-24(37)32(2,17-36)23(31)14-25(42-29(39)19-8-6-18(15-34)7-9-19)33(3)28(31)27(38)26-22(43-33)13-21(41-30(26)40)20-5-4-12-35-16-20/h4-9,12-13,16,23-25,27-28,36-38H,10-11,14,17H2,1-3H3/t23?,24-,25-,27-,28?,31-,32?,33+/m0/s1. The molecule has 3 heterocycles. The lowest BCUT2D eigenvalue weighted by atomic mass is 9.42. The highest BCUT2D eigenvalue weighted by atomic mass is 16.6. The number of rotatable bonds is 4. The summed E-state index contributed by atoms with van der Waals surface area (Å²) in [6.07, 6.45) is 1.13. The van der Waals surface area contributed by atoms with Crippen molar-refractivity contribution in [3.8, 4) is 23.1 Å². The van der Waals surface area contributed by atoms with Crippen molar-refractivity contribution in [2.24, 2.45) is 22.7 Å². The van der Waals surface area contributed by atoms with E-state index in [1.807, 2.05) is 13.0 Å². The smallest absolute Gasteiger partial charge is 0.345 e. The maximum Gasteiger partial charge on any atom is 0.345 e. The first-order valence-electron chi connectivity index (χ1n) is 14.4. The Morgan fingerprint density at radius 3 is 2.58 bits per heavy atom. The number of aromatic nitrogens is 1. The van der Waals surface area contributed by atoms with Gasteiger partial charge in [0, 0.05) is 35.4 Å². The highest BCUT2D eigenvalue weighted by molar-refractivity contribution is 5.89. The first-order chi connectivity index (χ1) is 20.5. The zero-order valence-electron chi connectivity index (χ0n) is 24.2. The van der Waals surface area contributed by atoms with Gasteiger partial charge in [-0.2, -0.15) is 5.26 Å². The molecule has 6 rings (SSSR count). The monoisotopic (exact) mass is 586 g/mol. The Hall–Kier alpha value is -4.04. The van der Waals surface area contributed by atoms with Crippen LogP contribution in [0.3, 0.4) is 0 Å². The minimum absolute atomic E-state index is 0.0222. The predicted molar refractivity (Wildman–Crippen MR) is 153 cm³/mol. The lowest BCUT2D eigenvalue weighted by Crippen LogP contribution is -2.71. The Morgan fingerprint density at radius 1 is 1.19 bits per heavy atom. The number of carbonyl (C=O) groups excluding carboxylic acids is 1. The van der Waals surface area contributed by atoms with Gasteiger partial charge in [-0.3, -0.25) is 4.98 Å². The van der Waals surface area contributed by atoms with Crippen molar-refractivity contribution in [3.05, 3.63) is 82.0 Å². The van der Waals surface area contributed by atoms with Crippen LogP contribution in [0, 0.1) is 34.0 Å². The third-order valence-corrected chi connectivity index (χ3v) is 10.4. The summed E-state index contributed by atoms with van der Waals surface area (Å²) in [6, 6.07) is 13.1. The van der Waals surface area contributed by atoms with Crippen molar-refractivity contribution < 1.29 is 34.0 Å². The van der Waals surface area contributed by atoms with Gasteiger partial charge in [0.25, 0.3) is 0 Å². The van der Waals surface area contributed by atoms with Crippen LogP contribution >= 0.6 is 0 Å². The molecule has 43 heavy (non-hydrogen) atoms. The molecule has 2 aliphatic carbocycles. The molecule has 2 saturated carbocycles. The molecule has 10 nitrogen and oxygen atoms in total. The lowest BCUT2D eigenvalue weighted by molar-refractivity contribution is -0.263. The molecule has 3 N–H and O–H groups in total. The van der Waals surface area contributed by atoms with E-state index in [0.29, 0.717) is 24.0 Å². The molecule has 0 spiro atoms. The first-order valence-corrected chi connectivity index (χ1v) is 14.4. The molecule has 0 radical (unpaired) electrons. The van der Waals surface area contributed by atoms with Gasteiger partial charge in [-0.25, -0.2) is 9.59 Å². The fourth-order valence-corrected chi connectivity index (χ4v) is 8.10. The zero-order chi connectivity index (χ0) is 30.7. The molecular formula is C33H34N2O8. The summed E-state index contributed by atoms with van der Waals surface area (Å²) < 4.78 is 18.5. The number of aliphatic hydroxyl groups is 3. The van der Waals surface area contributed by atoms with Gasteiger partial charge in [-0.05, 0) is 73.9 Å². The summed E-state index contributed by atoms with van der Waals surface area (Å²) in [7, 11) is 0. The molecule has 3 aliphatic rings. The van der Waals surface area contributed by atoms with Gasteiger partial charge in [-0.1, -0.05) is 13.8 Å². The number of ether oxygens (including phenoxy) is 2. The minimum Gasteiger partial charge on any atom is -0.482 e. The number of carbonyl (C=O) groups is 1. The number of aliphatic hydroxyl groups excluding tert-OH is 3. The molecule has 0 bridgehead atoms. The molecule has 10 heteroatoms. The Morgan fingerprint density at radius 2 is 1.93 bits per heavy atom. The number of hydrogen-bond acceptors (Lipinski definition) is 10. The lowest BCUT2D eigenvalue weighted by Gasteiger charge is -2.66. The number of esters is 1. The Bertz CT molecular complexity index is 1650. The van der Waals surface area contributed by atoms with Crippen LogP contribution in [0.5, 0.6) is 5.75 Å². The summed E-state index contributed by atoms with van der Waals surface area (Å²) in [4.78, 5) is 31.0. The highest BCUT2D eigenvalue weighted by Gasteiger charge is 2.70. The molecule has 1 aliphatic heterocycles. The second-order valence-electron chi connectivity index (χ2n) is 12.7. The molecule has 2 aromatic heterocycles. The van der Waals surface area contributed by atoms with Gasteiger partial charge in [0.1, 0.15) is 28.8 Å². The summed E-state index contributed by atoms with van der Waals surface area (Å²) in [6.45, 7) is 5.25. The van der Waals surface area contributed by atoms with Crippen LogP contribution in [0.2, 0.25) is 0 Å². The molecule has 2 fully saturated rings. The second kappa shape index (κ2) is 10.3. The Balaban J connectivity index is 1.48. The fraction of sp³-hybridized carbons (Fsp3) is 0.455. The SMILES string of the molecule is CC1(CO)C2C[C@H](OC(=O)c3ccc(C#N)cc3)[C@@]3(C)Oc4cc(-c5cccnc5)oc(=O)c4[C@H](O)C3[C@@]2(C)CC[C@@H]1O. The van der Waals surface area contributed by atoms with E-state index in [0.717, 1.165) is 0 Å². The summed E-state index contributed by atoms with van der Waals surface area (Å²) in [5.41, 5.74) is -2.60. The van der Waals surface area contributed by atoms with Crippen LogP contribution < -0.4 is 10.4 Å². The third kappa shape index (κ3) is 4.37. The van der Waals surface area contributed by atoms with Crippen LogP contribution in [-0.4, -0.2) is 50.7 Å². The largest absolute Gasteiger partial charge is 0.482 e. The predicted octanol–water partition coefficient (Wildman–Crippen LogP) is 3.78. The van der Waals surface area contributed by atoms with Crippen LogP contribution in [-0.2, 0) is 4.74 Å². The first kappa shape index (κ1) is 29.1. The van der Waals surface area contributed by atoms with Gasteiger partial charge in [-0.15, -0.1) is 0 Å². The van der Waals surface area contributed by atoms with E-state index in [9.17, 15) is 24.9 Å². The Labute approximate surface area is 248 Å². The third-order valence-electron chi connectivity index (χ3n) is 10.4. The van der Waals surface area contributed by atoms with Gasteiger partial charge < -0.3 is 29.2 Å². The molecule has 3 aromatic rings. The highest BCUT2D eigenvalue weighted by Crippen LogP contribution is 2.67. The van der Waals surface area contributed by atoms with Crippen LogP contribution in [0.4, 0.5) is 0 Å². The molecule has 0 saturated heterocycles. The Kier molecular flexibility index (Phi) is 6.96. The number of benzene rings is 1. The van der Waals surface area contributed by atoms with Crippen molar-refractivity contribution in [2.45, 2.75) is 63.9 Å². The number of fused-ring (bicyclic) bond motifs is 4. The maximum atomic E-state index is 13.5. The number of pyridine rings is 1. The molecule has 0 amide bonds. The fourth-order valence-electron chi connectivity index (χ4n) is 8.10. The second-order valence-corrected chi connectivity index (χ2v) is 12.7. The normalized spacial score (nSPS) is 34.5. The van der Waals surface area contributed by atoms with Crippen LogP contribution in [0.25, 0.3) is 11.3 Å². The van der Waals surface area contributed by atoms with Crippen molar-refractivity contribution in [2.75, 3.05) is 6.61 Å². The summed E-state index contributed by atoms with van der Waals surface area (Å²) in [5, 5.41) is 42.9. The van der Waals surface area contributed by atoms with E-state index < -0.39 is 58.2 Å². The van der Waals surface area contributed by atoms with Gasteiger partial charge in [0.05, 0.1) is 36.0 Å². The van der Waals surface area contributed by atoms with Crippen molar-refractivity contribution in [1.82, 2.24) is 4.98 Å². The summed E-state index contributed by atoms with van der Waals surface area (Å²) >= 11 is 0. The maximum absolute atomic E-state index is 13.5. The molecule has 224 valence electrons. The van der Waals surface area contributed by atoms with Crippen LogP contribution in [0.1, 0.15) is 67.6 Å². The van der Waals surface area contributed by atoms with E-state index >= 15 is 0 Å². The van der Waals surface area contributed by atoms with Gasteiger partial charge in [0.2, 0.25) is 0 Å². The van der Waals surface area contributed by atoms with Crippen molar-refractivity contribution in [1.29, 1.82) is 5.26 Å². The average Bonchev–Trinajstić information content (AvgIpc) is 3.00. The van der Waals surface area contributed by atoms with Crippen LogP contribution in [0.15, 0.2) is 64.1 Å². The van der Waals surface area contributed by atoms with E-state index in [4.69, 9.17) is 19.2 Å².